The number of carbonyl (C=O) groups is 2. The normalized spacial score (nSPS) is 22.4. The molecule has 0 bridgehead atoms. The molecule has 1 saturated carbocycles. The molecule has 2 fully saturated rings. The maximum atomic E-state index is 13.2. The summed E-state index contributed by atoms with van der Waals surface area (Å²) in [6, 6.07) is 12.4. The number of amides is 1. The van der Waals surface area contributed by atoms with E-state index < -0.39 is 0 Å². The Labute approximate surface area is 188 Å². The van der Waals surface area contributed by atoms with Gasteiger partial charge in [0, 0.05) is 31.3 Å². The van der Waals surface area contributed by atoms with E-state index in [1.807, 2.05) is 6.07 Å². The van der Waals surface area contributed by atoms with E-state index in [1.165, 1.54) is 22.5 Å². The topological polar surface area (TPSA) is 37.4 Å². The molecule has 2 unspecified atom stereocenters. The van der Waals surface area contributed by atoms with E-state index in [2.05, 4.69) is 36.1 Å². The van der Waals surface area contributed by atoms with Crippen molar-refractivity contribution in [1.82, 2.24) is 4.90 Å². The zero-order chi connectivity index (χ0) is 21.1. The SMILES string of the molecule is CCc1ccc(C2CC(CC(=O)c3ccc(Cl)s3)CN(C(=O)C3CCCC3)C2)cc1. The van der Waals surface area contributed by atoms with Crippen LogP contribution in [0.3, 0.4) is 0 Å². The van der Waals surface area contributed by atoms with Gasteiger partial charge < -0.3 is 4.90 Å². The summed E-state index contributed by atoms with van der Waals surface area (Å²) >= 11 is 7.37. The molecule has 1 amide bonds. The third kappa shape index (κ3) is 4.97. The van der Waals surface area contributed by atoms with Crippen molar-refractivity contribution in [3.8, 4) is 0 Å². The molecule has 2 aliphatic rings. The van der Waals surface area contributed by atoms with Gasteiger partial charge in [-0.2, -0.15) is 0 Å². The zero-order valence-corrected chi connectivity index (χ0v) is 19.2. The lowest BCUT2D eigenvalue weighted by Crippen LogP contribution is -2.45. The molecule has 1 aliphatic heterocycles. The van der Waals surface area contributed by atoms with Gasteiger partial charge in [-0.25, -0.2) is 0 Å². The maximum Gasteiger partial charge on any atom is 0.225 e. The van der Waals surface area contributed by atoms with E-state index in [0.29, 0.717) is 29.1 Å². The monoisotopic (exact) mass is 443 g/mol. The van der Waals surface area contributed by atoms with Crippen LogP contribution in [0, 0.1) is 11.8 Å². The molecule has 2 heterocycles. The van der Waals surface area contributed by atoms with Gasteiger partial charge in [0.2, 0.25) is 5.91 Å². The smallest absolute Gasteiger partial charge is 0.225 e. The summed E-state index contributed by atoms with van der Waals surface area (Å²) in [4.78, 5) is 28.8. The van der Waals surface area contributed by atoms with Crippen LogP contribution in [0.4, 0.5) is 0 Å². The number of hydrogen-bond acceptors (Lipinski definition) is 3. The summed E-state index contributed by atoms with van der Waals surface area (Å²) in [5, 5.41) is 0. The lowest BCUT2D eigenvalue weighted by atomic mass is 9.81. The number of aryl methyl sites for hydroxylation is 1. The van der Waals surface area contributed by atoms with Gasteiger partial charge >= 0.3 is 0 Å². The lowest BCUT2D eigenvalue weighted by Gasteiger charge is -2.39. The van der Waals surface area contributed by atoms with Gasteiger partial charge in [0.15, 0.2) is 5.78 Å². The van der Waals surface area contributed by atoms with Crippen LogP contribution in [0.25, 0.3) is 0 Å². The van der Waals surface area contributed by atoms with E-state index >= 15 is 0 Å². The van der Waals surface area contributed by atoms with E-state index in [-0.39, 0.29) is 17.6 Å². The average molecular weight is 444 g/mol. The number of halogens is 1. The van der Waals surface area contributed by atoms with E-state index in [0.717, 1.165) is 49.9 Å². The number of Topliss-reactive ketones (excluding diaryl/α,β-unsaturated/α-hetero) is 1. The van der Waals surface area contributed by atoms with Gasteiger partial charge in [0.25, 0.3) is 0 Å². The number of likely N-dealkylation sites (tertiary alicyclic amines) is 1. The Kier molecular flexibility index (Phi) is 6.94. The molecule has 30 heavy (non-hydrogen) atoms. The highest BCUT2D eigenvalue weighted by Crippen LogP contribution is 2.36. The van der Waals surface area contributed by atoms with Gasteiger partial charge in [-0.15, -0.1) is 11.3 Å². The van der Waals surface area contributed by atoms with Crippen LogP contribution in [-0.2, 0) is 11.2 Å². The van der Waals surface area contributed by atoms with Gasteiger partial charge in [0.1, 0.15) is 0 Å². The number of carbonyl (C=O) groups excluding carboxylic acids is 2. The van der Waals surface area contributed by atoms with Crippen molar-refractivity contribution in [2.24, 2.45) is 11.8 Å². The number of ketones is 1. The molecule has 0 radical (unpaired) electrons. The van der Waals surface area contributed by atoms with Crippen molar-refractivity contribution in [2.45, 2.75) is 57.8 Å². The fourth-order valence-electron chi connectivity index (χ4n) is 5.06. The van der Waals surface area contributed by atoms with Gasteiger partial charge in [-0.05, 0) is 54.9 Å². The number of thiophene rings is 1. The Bertz CT molecular complexity index is 885. The summed E-state index contributed by atoms with van der Waals surface area (Å²) in [6.07, 6.45) is 6.81. The Balaban J connectivity index is 1.52. The third-order valence-electron chi connectivity index (χ3n) is 6.73. The molecule has 4 rings (SSSR count). The molecular weight excluding hydrogens is 414 g/mol. The highest BCUT2D eigenvalue weighted by molar-refractivity contribution is 7.18. The Morgan fingerprint density at radius 2 is 1.80 bits per heavy atom. The summed E-state index contributed by atoms with van der Waals surface area (Å²) in [7, 11) is 0. The standard InChI is InChI=1S/C25H30ClNO2S/c1-2-17-7-9-19(10-8-17)21-13-18(14-22(28)23-11-12-24(26)30-23)15-27(16-21)25(29)20-5-3-4-6-20/h7-12,18,20-21H,2-6,13-16H2,1H3. The van der Waals surface area contributed by atoms with Crippen LogP contribution in [0.5, 0.6) is 0 Å². The molecule has 2 atom stereocenters. The summed E-state index contributed by atoms with van der Waals surface area (Å²) in [6.45, 7) is 3.64. The van der Waals surface area contributed by atoms with Gasteiger partial charge in [-0.1, -0.05) is 55.6 Å². The maximum absolute atomic E-state index is 13.2. The van der Waals surface area contributed by atoms with Gasteiger partial charge in [-0.3, -0.25) is 9.59 Å². The van der Waals surface area contributed by atoms with E-state index in [4.69, 9.17) is 11.6 Å². The number of piperidine rings is 1. The largest absolute Gasteiger partial charge is 0.342 e. The van der Waals surface area contributed by atoms with Crippen molar-refractivity contribution in [1.29, 1.82) is 0 Å². The fraction of sp³-hybridized carbons (Fsp3) is 0.520. The predicted molar refractivity (Wildman–Crippen MR) is 123 cm³/mol. The molecule has 3 nitrogen and oxygen atoms in total. The minimum absolute atomic E-state index is 0.146. The van der Waals surface area contributed by atoms with Crippen LogP contribution >= 0.6 is 22.9 Å². The number of rotatable bonds is 6. The number of benzene rings is 1. The first-order chi connectivity index (χ1) is 14.5. The first-order valence-electron chi connectivity index (χ1n) is 11.2. The molecule has 0 N–H and O–H groups in total. The predicted octanol–water partition coefficient (Wildman–Crippen LogP) is 6.36. The third-order valence-corrected chi connectivity index (χ3v) is 8.01. The van der Waals surface area contributed by atoms with Crippen molar-refractivity contribution in [3.63, 3.8) is 0 Å². The van der Waals surface area contributed by atoms with Crippen LogP contribution in [0.1, 0.15) is 72.2 Å². The van der Waals surface area contributed by atoms with Crippen molar-refractivity contribution in [3.05, 3.63) is 56.7 Å². The molecule has 1 saturated heterocycles. The molecule has 5 heteroatoms. The number of nitrogens with zero attached hydrogens (tertiary/aromatic N) is 1. The number of hydrogen-bond donors (Lipinski definition) is 0. The highest BCUT2D eigenvalue weighted by atomic mass is 35.5. The van der Waals surface area contributed by atoms with Crippen LogP contribution < -0.4 is 0 Å². The second-order valence-corrected chi connectivity index (χ2v) is 10.6. The second kappa shape index (κ2) is 9.65. The van der Waals surface area contributed by atoms with E-state index in [1.54, 1.807) is 6.07 Å². The van der Waals surface area contributed by atoms with Crippen LogP contribution in [-0.4, -0.2) is 29.7 Å². The van der Waals surface area contributed by atoms with Crippen molar-refractivity contribution in [2.75, 3.05) is 13.1 Å². The Morgan fingerprint density at radius 1 is 1.07 bits per heavy atom. The molecule has 2 aromatic rings. The molecule has 1 aliphatic carbocycles. The Morgan fingerprint density at radius 3 is 2.43 bits per heavy atom. The van der Waals surface area contributed by atoms with Crippen molar-refractivity contribution < 1.29 is 9.59 Å². The quantitative estimate of drug-likeness (QED) is 0.487. The Hall–Kier alpha value is -1.65. The summed E-state index contributed by atoms with van der Waals surface area (Å²) in [5.74, 6) is 1.11. The highest BCUT2D eigenvalue weighted by Gasteiger charge is 2.35. The average Bonchev–Trinajstić information content (AvgIpc) is 3.45. The molecule has 0 spiro atoms. The fourth-order valence-corrected chi connectivity index (χ4v) is 6.05. The molecule has 1 aromatic carbocycles. The van der Waals surface area contributed by atoms with Crippen LogP contribution in [0.2, 0.25) is 4.34 Å². The minimum atomic E-state index is 0.146. The van der Waals surface area contributed by atoms with E-state index in [9.17, 15) is 9.59 Å². The van der Waals surface area contributed by atoms with Crippen molar-refractivity contribution >= 4 is 34.6 Å². The molecule has 1 aromatic heterocycles. The van der Waals surface area contributed by atoms with Crippen LogP contribution in [0.15, 0.2) is 36.4 Å². The second-order valence-electron chi connectivity index (χ2n) is 8.85. The first kappa shape index (κ1) is 21.6. The zero-order valence-electron chi connectivity index (χ0n) is 17.6. The minimum Gasteiger partial charge on any atom is -0.342 e. The summed E-state index contributed by atoms with van der Waals surface area (Å²) < 4.78 is 0.647. The lowest BCUT2D eigenvalue weighted by molar-refractivity contribution is -0.137. The molecular formula is C25H30ClNO2S. The first-order valence-corrected chi connectivity index (χ1v) is 12.4. The summed E-state index contributed by atoms with van der Waals surface area (Å²) in [5.41, 5.74) is 2.61. The molecule has 160 valence electrons. The van der Waals surface area contributed by atoms with Gasteiger partial charge in [0.05, 0.1) is 9.21 Å².